The van der Waals surface area contributed by atoms with E-state index in [2.05, 4.69) is 16.4 Å². The van der Waals surface area contributed by atoms with E-state index < -0.39 is 7.82 Å². The van der Waals surface area contributed by atoms with E-state index in [9.17, 15) is 4.57 Å². The summed E-state index contributed by atoms with van der Waals surface area (Å²) in [4.78, 5) is 16.8. The van der Waals surface area contributed by atoms with Crippen molar-refractivity contribution in [2.75, 3.05) is 0 Å². The Labute approximate surface area is 44.5 Å². The predicted octanol–water partition coefficient (Wildman–Crippen LogP) is -0.246. The van der Waals surface area contributed by atoms with Crippen LogP contribution in [-0.2, 0) is 9.19 Å². The monoisotopic (exact) mass is 147 g/mol. The molecule has 0 rings (SSSR count). The van der Waals surface area contributed by atoms with Crippen LogP contribution in [0.1, 0.15) is 0 Å². The van der Waals surface area contributed by atoms with Gasteiger partial charge in [-0.15, -0.1) is 5.00 Å². The highest BCUT2D eigenvalue weighted by Crippen LogP contribution is 2.33. The van der Waals surface area contributed by atoms with Crippen LogP contribution in [0.25, 0.3) is 0 Å². The van der Waals surface area contributed by atoms with Gasteiger partial charge in [-0.1, -0.05) is 0 Å². The van der Waals surface area contributed by atoms with Gasteiger partial charge in [0.1, 0.15) is 0 Å². The van der Waals surface area contributed by atoms with Crippen LogP contribution in [0.3, 0.4) is 0 Å². The Hall–Kier alpha value is 0.360. The molecule has 0 amide bonds. The zero-order valence-electron chi connectivity index (χ0n) is 3.04. The maximum absolute atomic E-state index is 9.56. The molecule has 0 aromatic rings. The second-order valence-electron chi connectivity index (χ2n) is 0.659. The van der Waals surface area contributed by atoms with Gasteiger partial charge in [-0.05, 0) is 0 Å². The van der Waals surface area contributed by atoms with Gasteiger partial charge in [0, 0.05) is 11.8 Å². The van der Waals surface area contributed by atoms with Crippen molar-refractivity contribution in [2.24, 2.45) is 0 Å². The van der Waals surface area contributed by atoms with E-state index in [-0.39, 0.29) is 0 Å². The quantitative estimate of drug-likeness (QED) is 0.285. The van der Waals surface area contributed by atoms with Gasteiger partial charge in [-0.25, -0.2) is 4.57 Å². The van der Waals surface area contributed by atoms with Gasteiger partial charge >= 0.3 is 7.82 Å². The first-order valence-corrected chi connectivity index (χ1v) is 3.07. The summed E-state index contributed by atoms with van der Waals surface area (Å²) in [6.07, 6.45) is 0. The van der Waals surface area contributed by atoms with Gasteiger partial charge in [0.15, 0.2) is 0 Å². The van der Waals surface area contributed by atoms with Crippen molar-refractivity contribution < 1.29 is 19.0 Å². The van der Waals surface area contributed by atoms with Crippen molar-refractivity contribution in [3.05, 3.63) is 0 Å². The molecule has 0 aliphatic heterocycles. The molecule has 7 heteroatoms. The summed E-state index contributed by atoms with van der Waals surface area (Å²) in [5.74, 6) is 0. The van der Waals surface area contributed by atoms with Gasteiger partial charge < -0.3 is 9.79 Å². The lowest BCUT2D eigenvalue weighted by atomic mass is 13.5. The number of hydrogen-bond donors (Lipinski definition) is 3. The van der Waals surface area contributed by atoms with Crippen LogP contribution in [-0.4, -0.2) is 9.79 Å². The van der Waals surface area contributed by atoms with Gasteiger partial charge in [0.05, 0.1) is 0 Å². The lowest BCUT2D eigenvalue weighted by Gasteiger charge is -1.96. The van der Waals surface area contributed by atoms with Crippen LogP contribution >= 0.6 is 19.6 Å². The lowest BCUT2D eigenvalue weighted by molar-refractivity contribution is 0.172. The van der Waals surface area contributed by atoms with Gasteiger partial charge in [-0.2, -0.15) is 4.62 Å². The molecule has 7 heavy (non-hydrogen) atoms. The molecule has 0 aliphatic carbocycles. The smallest absolute Gasteiger partial charge is 0.302 e. The minimum absolute atomic E-state index is 1.32. The topological polar surface area (TPSA) is 78.8 Å². The Morgan fingerprint density at radius 2 is 2.14 bits per heavy atom. The molecule has 5 nitrogen and oxygen atoms in total. The van der Waals surface area contributed by atoms with Crippen molar-refractivity contribution in [2.45, 2.75) is 0 Å². The highest BCUT2D eigenvalue weighted by Gasteiger charge is 2.11. The third-order valence-electron chi connectivity index (χ3n) is 0.153. The molecule has 0 unspecified atom stereocenters. The Kier molecular flexibility index (Phi) is 2.75. The zero-order chi connectivity index (χ0) is 5.91. The normalized spacial score (nSPS) is 11.9. The Bertz CT molecular complexity index is 85.7. The lowest BCUT2D eigenvalue weighted by Crippen LogP contribution is -1.96. The Balaban J connectivity index is 3.36. The molecule has 0 bridgehead atoms. The summed E-state index contributed by atoms with van der Waals surface area (Å²) in [7, 11) is -4.41. The molecule has 0 heterocycles. The van der Waals surface area contributed by atoms with Crippen LogP contribution in [0.2, 0.25) is 0 Å². The highest BCUT2D eigenvalue weighted by molar-refractivity contribution is 7.46. The Morgan fingerprint density at radius 1 is 1.71 bits per heavy atom. The van der Waals surface area contributed by atoms with E-state index in [1.165, 1.54) is 5.00 Å². The maximum Gasteiger partial charge on any atom is 0.487 e. The molecule has 0 aromatic heterocycles. The summed E-state index contributed by atoms with van der Waals surface area (Å²) in [5, 5.41) is 0. The SMILES string of the molecule is O=P(O)(O)ONCl. The number of halogens is 1. The molecular weight excluding hydrogens is 144 g/mol. The first kappa shape index (κ1) is 7.36. The molecule has 3 N–H and O–H groups in total. The molecule has 0 aromatic carbocycles. The van der Waals surface area contributed by atoms with E-state index >= 15 is 0 Å². The second-order valence-corrected chi connectivity index (χ2v) is 1.98. The number of phosphoric acid groups is 1. The fourth-order valence-electron chi connectivity index (χ4n) is 0.0449. The van der Waals surface area contributed by atoms with Crippen LogP contribution in [0.5, 0.6) is 0 Å². The van der Waals surface area contributed by atoms with Crippen LogP contribution in [0.15, 0.2) is 0 Å². The molecule has 0 radical (unpaired) electrons. The minimum atomic E-state index is -4.41. The summed E-state index contributed by atoms with van der Waals surface area (Å²) in [5.41, 5.74) is 0. The van der Waals surface area contributed by atoms with Gasteiger partial charge in [0.25, 0.3) is 0 Å². The molecule has 0 aliphatic rings. The molecule has 0 spiro atoms. The molecule has 0 atom stereocenters. The van der Waals surface area contributed by atoms with Gasteiger partial charge in [-0.3, -0.25) is 0 Å². The fourth-order valence-corrected chi connectivity index (χ4v) is 0.405. The maximum atomic E-state index is 9.56. The third-order valence-corrected chi connectivity index (χ3v) is 0.667. The third kappa shape index (κ3) is 6.36. The van der Waals surface area contributed by atoms with Gasteiger partial charge in [0.2, 0.25) is 0 Å². The van der Waals surface area contributed by atoms with E-state index in [0.717, 1.165) is 0 Å². The standard InChI is InChI=1S/ClH3NO4P/c1-2-6-7(3,4)5/h2H,(H2,3,4,5). The number of rotatable bonds is 2. The predicted molar refractivity (Wildman–Crippen MR) is 22.1 cm³/mol. The van der Waals surface area contributed by atoms with Crippen molar-refractivity contribution >= 4 is 19.6 Å². The summed E-state index contributed by atoms with van der Waals surface area (Å²) in [6.45, 7) is 0. The van der Waals surface area contributed by atoms with E-state index in [1.54, 1.807) is 0 Å². The molecular formula is H3ClNO4P. The number of hydrogen-bond acceptors (Lipinski definition) is 3. The Morgan fingerprint density at radius 3 is 2.14 bits per heavy atom. The molecule has 0 saturated heterocycles. The molecule has 0 saturated carbocycles. The second kappa shape index (κ2) is 2.61. The van der Waals surface area contributed by atoms with Crippen LogP contribution < -0.4 is 5.00 Å². The zero-order valence-corrected chi connectivity index (χ0v) is 4.69. The van der Waals surface area contributed by atoms with Crippen molar-refractivity contribution in [3.8, 4) is 0 Å². The average molecular weight is 147 g/mol. The first-order valence-electron chi connectivity index (χ1n) is 1.16. The largest absolute Gasteiger partial charge is 0.487 e. The minimum Gasteiger partial charge on any atom is -0.302 e. The summed E-state index contributed by atoms with van der Waals surface area (Å²) in [6, 6.07) is 0. The van der Waals surface area contributed by atoms with E-state index in [0.29, 0.717) is 0 Å². The summed E-state index contributed by atoms with van der Waals surface area (Å²) >= 11 is 4.52. The fraction of sp³-hybridized carbons (Fsp3) is 0. The van der Waals surface area contributed by atoms with Crippen molar-refractivity contribution in [3.63, 3.8) is 0 Å². The van der Waals surface area contributed by atoms with Crippen molar-refractivity contribution in [1.82, 2.24) is 5.00 Å². The highest BCUT2D eigenvalue weighted by atomic mass is 35.5. The average Bonchev–Trinajstić information content (AvgIpc) is 1.30. The number of nitrogens with one attached hydrogen (secondary N) is 1. The van der Waals surface area contributed by atoms with E-state index in [4.69, 9.17) is 9.79 Å². The molecule has 0 fully saturated rings. The first-order chi connectivity index (χ1) is 3.06. The van der Waals surface area contributed by atoms with E-state index in [1.807, 2.05) is 0 Å². The summed E-state index contributed by atoms with van der Waals surface area (Å²) < 4.78 is 13.0. The van der Waals surface area contributed by atoms with Crippen LogP contribution in [0.4, 0.5) is 0 Å². The van der Waals surface area contributed by atoms with Crippen LogP contribution in [0, 0.1) is 0 Å². The molecule has 44 valence electrons. The van der Waals surface area contributed by atoms with Crippen molar-refractivity contribution in [1.29, 1.82) is 0 Å².